The fraction of sp³-hybridized carbons (Fsp3) is 0. The van der Waals surface area contributed by atoms with Gasteiger partial charge in [-0.3, -0.25) is 0 Å². The highest BCUT2D eigenvalue weighted by molar-refractivity contribution is 7.17. The molecule has 0 atom stereocenters. The third kappa shape index (κ3) is 6.87. The van der Waals surface area contributed by atoms with Gasteiger partial charge in [0.2, 0.25) is 0 Å². The second kappa shape index (κ2) is 16.3. The number of para-hydroxylation sites is 3. The van der Waals surface area contributed by atoms with Crippen LogP contribution in [0.15, 0.2) is 242 Å². The van der Waals surface area contributed by atoms with Crippen LogP contribution in [0.1, 0.15) is 16.7 Å². The standard InChI is InChI=1S/C60H42N2OS/c1-4-42(35-48-39-64-59-24-14-10-18-51(48)59)43-27-31-49(32-28-43)61(41(3)26-25-40(2)46-17-6-5-15-45-16-7-13-23-58(45)63-38-46)50-33-29-44(30-34-50)47-36-54-52-19-8-11-21-56(52)62-57-22-12-9-20-53(57)55(37-47)60(54)62/h4-39H,1-3H2. The van der Waals surface area contributed by atoms with Crippen molar-refractivity contribution in [3.8, 4) is 11.1 Å². The molecule has 0 bridgehead atoms. The molecule has 0 saturated heterocycles. The Kier molecular flexibility index (Phi) is 9.84. The van der Waals surface area contributed by atoms with E-state index in [1.165, 1.54) is 59.3 Å². The number of aromatic nitrogens is 1. The van der Waals surface area contributed by atoms with Crippen molar-refractivity contribution in [1.29, 1.82) is 0 Å². The lowest BCUT2D eigenvalue weighted by Gasteiger charge is -2.26. The molecule has 11 rings (SSSR count). The summed E-state index contributed by atoms with van der Waals surface area (Å²) >= 11 is 1.76. The molecule has 3 nitrogen and oxygen atoms in total. The first-order valence-corrected chi connectivity index (χ1v) is 22.3. The molecule has 0 aliphatic heterocycles. The number of anilines is 2. The summed E-state index contributed by atoms with van der Waals surface area (Å²) in [5.74, 6) is 0. The van der Waals surface area contributed by atoms with Crippen LogP contribution >= 0.6 is 11.3 Å². The molecule has 0 aliphatic rings. The lowest BCUT2D eigenvalue weighted by Crippen LogP contribution is -2.14. The molecule has 0 radical (unpaired) electrons. The van der Waals surface area contributed by atoms with Gasteiger partial charge < -0.3 is 13.7 Å². The topological polar surface area (TPSA) is 20.8 Å². The zero-order chi connectivity index (χ0) is 43.1. The van der Waals surface area contributed by atoms with E-state index in [9.17, 15) is 0 Å². The largest absolute Gasteiger partial charge is 0.464 e. The summed E-state index contributed by atoms with van der Waals surface area (Å²) in [6.45, 7) is 13.3. The average molecular weight is 839 g/mol. The van der Waals surface area contributed by atoms with Crippen LogP contribution in [0.5, 0.6) is 0 Å². The van der Waals surface area contributed by atoms with Crippen LogP contribution in [-0.2, 0) is 0 Å². The summed E-state index contributed by atoms with van der Waals surface area (Å²) in [5.41, 5.74) is 14.6. The number of rotatable bonds is 10. The molecule has 64 heavy (non-hydrogen) atoms. The van der Waals surface area contributed by atoms with E-state index >= 15 is 0 Å². The van der Waals surface area contributed by atoms with Crippen LogP contribution < -0.4 is 4.90 Å². The highest BCUT2D eigenvalue weighted by Gasteiger charge is 2.19. The highest BCUT2D eigenvalue weighted by atomic mass is 32.1. The predicted molar refractivity (Wildman–Crippen MR) is 276 cm³/mol. The fourth-order valence-corrected chi connectivity index (χ4v) is 9.92. The summed E-state index contributed by atoms with van der Waals surface area (Å²) in [4.78, 5) is 2.19. The van der Waals surface area contributed by atoms with E-state index in [4.69, 9.17) is 4.42 Å². The molecule has 4 heteroatoms. The minimum atomic E-state index is 0.781. The lowest BCUT2D eigenvalue weighted by molar-refractivity contribution is 0.605. The molecule has 0 spiro atoms. The number of benzene rings is 7. The van der Waals surface area contributed by atoms with Gasteiger partial charge in [0.05, 0.1) is 22.8 Å². The molecule has 0 fully saturated rings. The average Bonchev–Trinajstić information content (AvgIpc) is 4.04. The Morgan fingerprint density at radius 3 is 1.84 bits per heavy atom. The van der Waals surface area contributed by atoms with Gasteiger partial charge in [-0.05, 0) is 117 Å². The van der Waals surface area contributed by atoms with Gasteiger partial charge in [0.1, 0.15) is 5.58 Å². The second-order valence-corrected chi connectivity index (χ2v) is 16.9. The van der Waals surface area contributed by atoms with E-state index < -0.39 is 0 Å². The summed E-state index contributed by atoms with van der Waals surface area (Å²) < 4.78 is 9.84. The molecule has 0 saturated carbocycles. The Balaban J connectivity index is 0.969. The van der Waals surface area contributed by atoms with Gasteiger partial charge >= 0.3 is 0 Å². The van der Waals surface area contributed by atoms with Crippen LogP contribution in [-0.4, -0.2) is 4.40 Å². The Morgan fingerprint density at radius 1 is 0.562 bits per heavy atom. The summed E-state index contributed by atoms with van der Waals surface area (Å²) in [6, 6.07) is 64.2. The minimum absolute atomic E-state index is 0.781. The van der Waals surface area contributed by atoms with E-state index in [2.05, 4.69) is 174 Å². The molecule has 304 valence electrons. The van der Waals surface area contributed by atoms with Gasteiger partial charge in [0.25, 0.3) is 0 Å². The molecule has 7 aromatic carbocycles. The monoisotopic (exact) mass is 838 g/mol. The van der Waals surface area contributed by atoms with Crippen LogP contribution in [0.4, 0.5) is 11.4 Å². The molecule has 11 aromatic rings. The van der Waals surface area contributed by atoms with Crippen LogP contribution in [0.3, 0.4) is 0 Å². The number of hydrogen-bond acceptors (Lipinski definition) is 3. The van der Waals surface area contributed by atoms with Crippen molar-refractivity contribution in [3.63, 3.8) is 0 Å². The van der Waals surface area contributed by atoms with E-state index in [0.29, 0.717) is 0 Å². The first-order valence-electron chi connectivity index (χ1n) is 21.4. The Morgan fingerprint density at radius 2 is 1.16 bits per heavy atom. The quantitative estimate of drug-likeness (QED) is 0.128. The Hall–Kier alpha value is -8.18. The van der Waals surface area contributed by atoms with E-state index in [1.54, 1.807) is 17.6 Å². The number of thiophene rings is 1. The van der Waals surface area contributed by atoms with Crippen molar-refractivity contribution in [2.75, 3.05) is 4.90 Å². The number of nitrogens with zero attached hydrogens (tertiary/aromatic N) is 2. The zero-order valence-electron chi connectivity index (χ0n) is 35.1. The summed E-state index contributed by atoms with van der Waals surface area (Å²) in [7, 11) is 0. The molecule has 4 aromatic heterocycles. The molecule has 0 amide bonds. The Labute approximate surface area is 376 Å². The SMILES string of the molecule is C=CC(=Cc1csc2ccccc12)c1ccc(N(C(=C)C=CC(=C)c2ccccc3ccccc3oc2)c2ccc(-c3cc4c5ccccc5n5c6ccccc6c(c3)c45)cc2)cc1. The van der Waals surface area contributed by atoms with Gasteiger partial charge in [-0.15, -0.1) is 11.3 Å². The molecular formula is C60H42N2OS. The van der Waals surface area contributed by atoms with Crippen molar-refractivity contribution in [2.24, 2.45) is 0 Å². The molecule has 0 N–H and O–H groups in total. The van der Waals surface area contributed by atoms with Crippen molar-refractivity contribution < 1.29 is 4.42 Å². The number of fused-ring (bicyclic) bond motifs is 8. The third-order valence-corrected chi connectivity index (χ3v) is 13.2. The van der Waals surface area contributed by atoms with E-state index in [-0.39, 0.29) is 0 Å². The molecule has 0 aliphatic carbocycles. The maximum atomic E-state index is 6.15. The number of hydrogen-bond donors (Lipinski definition) is 0. The van der Waals surface area contributed by atoms with Crippen LogP contribution in [0, 0.1) is 0 Å². The van der Waals surface area contributed by atoms with Crippen molar-refractivity contribution in [1.82, 2.24) is 4.40 Å². The normalized spacial score (nSPS) is 12.0. The molecule has 0 unspecified atom stereocenters. The minimum Gasteiger partial charge on any atom is -0.464 e. The Bertz CT molecular complexity index is 3640. The van der Waals surface area contributed by atoms with Crippen LogP contribution in [0.25, 0.3) is 87.5 Å². The second-order valence-electron chi connectivity index (χ2n) is 16.0. The first kappa shape index (κ1) is 38.7. The smallest absolute Gasteiger partial charge is 0.133 e. The summed E-state index contributed by atoms with van der Waals surface area (Å²) in [6.07, 6.45) is 9.94. The first-order chi connectivity index (χ1) is 31.5. The van der Waals surface area contributed by atoms with Gasteiger partial charge in [0, 0.05) is 54.3 Å². The third-order valence-electron chi connectivity index (χ3n) is 12.2. The van der Waals surface area contributed by atoms with E-state index in [0.717, 1.165) is 55.9 Å². The maximum Gasteiger partial charge on any atom is 0.133 e. The number of allylic oxidation sites excluding steroid dienone is 5. The van der Waals surface area contributed by atoms with Crippen molar-refractivity contribution in [3.05, 3.63) is 254 Å². The van der Waals surface area contributed by atoms with Gasteiger partial charge in [-0.1, -0.05) is 153 Å². The van der Waals surface area contributed by atoms with Gasteiger partial charge in [-0.2, -0.15) is 0 Å². The van der Waals surface area contributed by atoms with Gasteiger partial charge in [0.15, 0.2) is 0 Å². The van der Waals surface area contributed by atoms with Gasteiger partial charge in [-0.25, -0.2) is 0 Å². The predicted octanol–water partition coefficient (Wildman–Crippen LogP) is 17.2. The lowest BCUT2D eigenvalue weighted by atomic mass is 9.99. The fourth-order valence-electron chi connectivity index (χ4n) is 9.00. The zero-order valence-corrected chi connectivity index (χ0v) is 35.9. The van der Waals surface area contributed by atoms with Crippen molar-refractivity contribution in [2.45, 2.75) is 0 Å². The van der Waals surface area contributed by atoms with Crippen LogP contribution in [0.2, 0.25) is 0 Å². The molecular weight excluding hydrogens is 797 g/mol. The summed E-state index contributed by atoms with van der Waals surface area (Å²) in [5, 5.41) is 9.53. The van der Waals surface area contributed by atoms with Crippen molar-refractivity contribution >= 4 is 99.1 Å². The van der Waals surface area contributed by atoms with E-state index in [1.807, 2.05) is 66.8 Å². The maximum absolute atomic E-state index is 6.15. The highest BCUT2D eigenvalue weighted by Crippen LogP contribution is 2.42. The molecule has 4 heterocycles.